The van der Waals surface area contributed by atoms with E-state index in [0.29, 0.717) is 0 Å². The van der Waals surface area contributed by atoms with Crippen molar-refractivity contribution in [2.24, 2.45) is 0 Å². The molecular weight excluding hydrogens is 444 g/mol. The maximum Gasteiger partial charge on any atom is 0.338 e. The zero-order valence-corrected chi connectivity index (χ0v) is 16.7. The lowest BCUT2D eigenvalue weighted by molar-refractivity contribution is -0.385. The third-order valence-electron chi connectivity index (χ3n) is 3.80. The summed E-state index contributed by atoms with van der Waals surface area (Å²) < 4.78 is 5.42. The van der Waals surface area contributed by atoms with Crippen molar-refractivity contribution in [3.05, 3.63) is 74.0 Å². The fraction of sp³-hybridized carbons (Fsp3) is 0.111. The number of para-hydroxylation sites is 1. The van der Waals surface area contributed by atoms with Gasteiger partial charge in [0.25, 0.3) is 5.69 Å². The highest BCUT2D eigenvalue weighted by molar-refractivity contribution is 9.10. The van der Waals surface area contributed by atoms with Gasteiger partial charge in [0.2, 0.25) is 11.9 Å². The minimum atomic E-state index is -0.756. The Labute approximate surface area is 173 Å². The van der Waals surface area contributed by atoms with Crippen LogP contribution >= 0.6 is 15.9 Å². The normalized spacial score (nSPS) is 10.4. The number of aromatic nitrogens is 3. The molecule has 0 radical (unpaired) electrons. The lowest BCUT2D eigenvalue weighted by Gasteiger charge is -2.10. The van der Waals surface area contributed by atoms with Crippen molar-refractivity contribution in [3.63, 3.8) is 0 Å². The number of rotatable bonds is 6. The van der Waals surface area contributed by atoms with Crippen LogP contribution in [0.3, 0.4) is 0 Å². The summed E-state index contributed by atoms with van der Waals surface area (Å²) in [4.78, 5) is 34.8. The molecular formula is C18H15BrN6O4. The lowest BCUT2D eigenvalue weighted by atomic mass is 10.2. The highest BCUT2D eigenvalue weighted by Crippen LogP contribution is 2.26. The Hall–Kier alpha value is -3.60. The van der Waals surface area contributed by atoms with Gasteiger partial charge in [0, 0.05) is 11.8 Å². The Morgan fingerprint density at radius 2 is 2.00 bits per heavy atom. The van der Waals surface area contributed by atoms with Crippen LogP contribution in [0.2, 0.25) is 0 Å². The van der Waals surface area contributed by atoms with Crippen LogP contribution in [0.25, 0.3) is 0 Å². The zero-order valence-electron chi connectivity index (χ0n) is 15.1. The number of carbonyl (C=O) groups is 1. The predicted octanol–water partition coefficient (Wildman–Crippen LogP) is 3.53. The molecule has 0 spiro atoms. The van der Waals surface area contributed by atoms with Crippen LogP contribution in [-0.2, 0) is 11.3 Å². The standard InChI is InChI=1S/C18H15BrN6O4/c1-10-4-2-3-5-13(10)21-18-23-15(22-17(20)24-18)9-29-16(26)11-6-7-12(19)14(8-11)25(27)28/h2-8H,9H2,1H3,(H3,20,21,22,23,24). The van der Waals surface area contributed by atoms with E-state index < -0.39 is 10.9 Å². The van der Waals surface area contributed by atoms with Crippen molar-refractivity contribution >= 4 is 45.2 Å². The molecule has 0 atom stereocenters. The molecule has 29 heavy (non-hydrogen) atoms. The Bertz CT molecular complexity index is 1090. The van der Waals surface area contributed by atoms with Gasteiger partial charge in [0.15, 0.2) is 12.4 Å². The molecule has 1 aromatic heterocycles. The first-order chi connectivity index (χ1) is 13.8. The number of aryl methyl sites for hydroxylation is 1. The molecule has 11 heteroatoms. The summed E-state index contributed by atoms with van der Waals surface area (Å²) in [6, 6.07) is 11.5. The molecule has 2 aromatic carbocycles. The third kappa shape index (κ3) is 5.02. The Morgan fingerprint density at radius 1 is 1.24 bits per heavy atom. The third-order valence-corrected chi connectivity index (χ3v) is 4.47. The summed E-state index contributed by atoms with van der Waals surface area (Å²) in [5.74, 6) is -0.458. The average molecular weight is 459 g/mol. The van der Waals surface area contributed by atoms with Gasteiger partial charge in [-0.3, -0.25) is 10.1 Å². The summed E-state index contributed by atoms with van der Waals surface area (Å²) in [6.45, 7) is 1.64. The quantitative estimate of drug-likeness (QED) is 0.321. The number of ether oxygens (including phenoxy) is 1. The number of anilines is 3. The molecule has 148 valence electrons. The summed E-state index contributed by atoms with van der Waals surface area (Å²) >= 11 is 3.06. The van der Waals surface area contributed by atoms with E-state index in [1.165, 1.54) is 12.1 Å². The largest absolute Gasteiger partial charge is 0.454 e. The molecule has 0 aliphatic rings. The second-order valence-corrected chi connectivity index (χ2v) is 6.73. The summed E-state index contributed by atoms with van der Waals surface area (Å²) in [5, 5.41) is 14.0. The number of esters is 1. The number of carbonyl (C=O) groups excluding carboxylic acids is 1. The van der Waals surface area contributed by atoms with E-state index in [0.717, 1.165) is 17.3 Å². The SMILES string of the molecule is Cc1ccccc1Nc1nc(N)nc(COC(=O)c2ccc(Br)c([N+](=O)[O-])c2)n1. The van der Waals surface area contributed by atoms with Gasteiger partial charge in [-0.2, -0.15) is 15.0 Å². The predicted molar refractivity (Wildman–Crippen MR) is 109 cm³/mol. The van der Waals surface area contributed by atoms with Gasteiger partial charge in [-0.1, -0.05) is 18.2 Å². The fourth-order valence-electron chi connectivity index (χ4n) is 2.39. The monoisotopic (exact) mass is 458 g/mol. The Kier molecular flexibility index (Phi) is 5.98. The van der Waals surface area contributed by atoms with Crippen LogP contribution in [0.5, 0.6) is 0 Å². The van der Waals surface area contributed by atoms with Crippen molar-refractivity contribution < 1.29 is 14.5 Å². The van der Waals surface area contributed by atoms with Crippen LogP contribution in [0.15, 0.2) is 46.9 Å². The smallest absolute Gasteiger partial charge is 0.338 e. The first-order valence-electron chi connectivity index (χ1n) is 8.27. The van der Waals surface area contributed by atoms with E-state index in [4.69, 9.17) is 10.5 Å². The first kappa shape index (κ1) is 20.1. The summed E-state index contributed by atoms with van der Waals surface area (Å²) in [7, 11) is 0. The number of nitrogens with two attached hydrogens (primary N) is 1. The van der Waals surface area contributed by atoms with Gasteiger partial charge in [-0.25, -0.2) is 4.79 Å². The molecule has 0 aliphatic carbocycles. The number of benzene rings is 2. The van der Waals surface area contributed by atoms with Crippen LogP contribution in [0.4, 0.5) is 23.3 Å². The molecule has 0 amide bonds. The van der Waals surface area contributed by atoms with E-state index in [1.807, 2.05) is 31.2 Å². The number of hydrogen-bond acceptors (Lipinski definition) is 9. The number of nitro benzene ring substituents is 1. The maximum atomic E-state index is 12.2. The maximum absolute atomic E-state index is 12.2. The van der Waals surface area contributed by atoms with Crippen LogP contribution in [0.1, 0.15) is 21.7 Å². The molecule has 3 rings (SSSR count). The molecule has 0 fully saturated rings. The topological polar surface area (TPSA) is 146 Å². The second kappa shape index (κ2) is 8.61. The number of nitrogen functional groups attached to an aromatic ring is 1. The Balaban J connectivity index is 1.73. The number of nitrogens with zero attached hydrogens (tertiary/aromatic N) is 4. The van der Waals surface area contributed by atoms with E-state index in [9.17, 15) is 14.9 Å². The first-order valence-corrected chi connectivity index (χ1v) is 9.07. The van der Waals surface area contributed by atoms with Gasteiger partial charge in [0.05, 0.1) is 15.0 Å². The molecule has 0 saturated heterocycles. The average Bonchev–Trinajstić information content (AvgIpc) is 2.67. The van der Waals surface area contributed by atoms with Crippen LogP contribution < -0.4 is 11.1 Å². The van der Waals surface area contributed by atoms with Crippen LogP contribution in [-0.4, -0.2) is 25.8 Å². The molecule has 10 nitrogen and oxygen atoms in total. The molecule has 0 saturated carbocycles. The number of nitrogens with one attached hydrogen (secondary N) is 1. The fourth-order valence-corrected chi connectivity index (χ4v) is 2.78. The van der Waals surface area contributed by atoms with Gasteiger partial charge >= 0.3 is 5.97 Å². The molecule has 3 aromatic rings. The molecule has 0 unspecified atom stereocenters. The zero-order chi connectivity index (χ0) is 21.0. The molecule has 1 heterocycles. The number of hydrogen-bond donors (Lipinski definition) is 2. The molecule has 0 aliphatic heterocycles. The van der Waals surface area contributed by atoms with Crippen LogP contribution in [0, 0.1) is 17.0 Å². The van der Waals surface area contributed by atoms with E-state index in [-0.39, 0.29) is 40.1 Å². The van der Waals surface area contributed by atoms with Gasteiger partial charge < -0.3 is 15.8 Å². The highest BCUT2D eigenvalue weighted by Gasteiger charge is 2.17. The van der Waals surface area contributed by atoms with Gasteiger partial charge in [0.1, 0.15) is 0 Å². The van der Waals surface area contributed by atoms with Crippen molar-refractivity contribution in [3.8, 4) is 0 Å². The van der Waals surface area contributed by atoms with Crippen molar-refractivity contribution in [1.29, 1.82) is 0 Å². The molecule has 3 N–H and O–H groups in total. The minimum absolute atomic E-state index is 0.0280. The molecule has 0 bridgehead atoms. The summed E-state index contributed by atoms with van der Waals surface area (Å²) in [5.41, 5.74) is 7.28. The minimum Gasteiger partial charge on any atom is -0.454 e. The van der Waals surface area contributed by atoms with Gasteiger partial charge in [-0.05, 0) is 46.6 Å². The van der Waals surface area contributed by atoms with Crippen molar-refractivity contribution in [1.82, 2.24) is 15.0 Å². The van der Waals surface area contributed by atoms with E-state index >= 15 is 0 Å². The highest BCUT2D eigenvalue weighted by atomic mass is 79.9. The number of nitro groups is 1. The van der Waals surface area contributed by atoms with Crippen molar-refractivity contribution in [2.75, 3.05) is 11.1 Å². The van der Waals surface area contributed by atoms with E-state index in [1.54, 1.807) is 0 Å². The number of halogens is 1. The Morgan fingerprint density at radius 3 is 2.72 bits per heavy atom. The second-order valence-electron chi connectivity index (χ2n) is 5.87. The summed E-state index contributed by atoms with van der Waals surface area (Å²) in [6.07, 6.45) is 0. The van der Waals surface area contributed by atoms with Gasteiger partial charge in [-0.15, -0.1) is 0 Å². The lowest BCUT2D eigenvalue weighted by Crippen LogP contribution is -2.11. The van der Waals surface area contributed by atoms with E-state index in [2.05, 4.69) is 36.2 Å². The van der Waals surface area contributed by atoms with Crippen molar-refractivity contribution in [2.45, 2.75) is 13.5 Å².